The van der Waals surface area contributed by atoms with Gasteiger partial charge in [0.25, 0.3) is 0 Å². The van der Waals surface area contributed by atoms with E-state index in [1.807, 2.05) is 52.8 Å². The van der Waals surface area contributed by atoms with Crippen LogP contribution in [0.1, 0.15) is 96.6 Å². The highest BCUT2D eigenvalue weighted by Gasteiger charge is 2.47. The number of nitrogens with zero attached hydrogens (tertiary/aromatic N) is 1. The minimum absolute atomic E-state index is 0.0685. The number of carbonyl (C=O) groups is 3. The van der Waals surface area contributed by atoms with Crippen LogP contribution in [0.25, 0.3) is 0 Å². The molecule has 1 aromatic rings. The van der Waals surface area contributed by atoms with Crippen LogP contribution in [0, 0.1) is 19.8 Å². The Bertz CT molecular complexity index is 1130. The Morgan fingerprint density at radius 1 is 1.23 bits per heavy atom. The molecule has 0 aromatic heterocycles. The van der Waals surface area contributed by atoms with Gasteiger partial charge in [0.15, 0.2) is 0 Å². The predicted molar refractivity (Wildman–Crippen MR) is 137 cm³/mol. The monoisotopic (exact) mass is 493 g/mol. The summed E-state index contributed by atoms with van der Waals surface area (Å²) in [5.41, 5.74) is 1.22. The summed E-state index contributed by atoms with van der Waals surface area (Å²) in [5, 5.41) is 13.0. The number of aliphatic carboxylic acids is 1. The summed E-state index contributed by atoms with van der Waals surface area (Å²) in [6.45, 7) is 14.0. The van der Waals surface area contributed by atoms with Crippen molar-refractivity contribution >= 4 is 17.8 Å². The lowest BCUT2D eigenvalue weighted by Crippen LogP contribution is -2.58. The van der Waals surface area contributed by atoms with E-state index in [9.17, 15) is 19.5 Å². The Morgan fingerprint density at radius 2 is 1.89 bits per heavy atom. The molecule has 1 heterocycles. The molecule has 0 bridgehead atoms. The second kappa shape index (κ2) is 12.0. The van der Waals surface area contributed by atoms with E-state index in [-0.39, 0.29) is 31.3 Å². The number of nitrogens with one attached hydrogen (secondary N) is 1. The number of ether oxygens (including phenoxy) is 1. The zero-order valence-electron chi connectivity index (χ0n) is 27.2. The van der Waals surface area contributed by atoms with Crippen molar-refractivity contribution < 1.29 is 31.1 Å². The number of carbonyl (C=O) groups excluding carboxylic acids is 2. The number of amides is 1. The highest BCUT2D eigenvalue weighted by molar-refractivity contribution is 5.89. The summed E-state index contributed by atoms with van der Waals surface area (Å²) in [5.74, 6) is -3.60. The predicted octanol–water partition coefficient (Wildman–Crippen LogP) is 4.59. The summed E-state index contributed by atoms with van der Waals surface area (Å²) in [7, 11) is 0. The molecule has 1 aromatic carbocycles. The molecular weight excluding hydrogens is 444 g/mol. The fourth-order valence-corrected chi connectivity index (χ4v) is 4.04. The Balaban J connectivity index is 2.49. The van der Waals surface area contributed by atoms with Gasteiger partial charge in [-0.1, -0.05) is 45.9 Å². The number of hydrogen-bond donors (Lipinski definition) is 2. The standard InChI is InChI=1S/C28H44N2O5/c1-9-22(25(31)30-24(26(32)33)12-13-28(30,7)8)29-23(27(34)35-16-17(2)3)15-20(6)21-11-10-18(4)19(5)14-21/h10-11,14,17,20,22-24,29H,9,12-13,15-16H2,1-8H3,(H,32,33)/t20?,22-,23-,24-/m0/s1/i12D2,13D2,24D. The van der Waals surface area contributed by atoms with E-state index in [1.165, 1.54) is 13.8 Å². The van der Waals surface area contributed by atoms with Gasteiger partial charge in [-0.25, -0.2) is 4.79 Å². The van der Waals surface area contributed by atoms with Gasteiger partial charge in [-0.2, -0.15) is 0 Å². The van der Waals surface area contributed by atoms with Crippen molar-refractivity contribution in [2.75, 3.05) is 6.61 Å². The molecule has 0 radical (unpaired) electrons. The molecule has 1 aliphatic heterocycles. The number of benzene rings is 1. The molecule has 1 saturated heterocycles. The third-order valence-electron chi connectivity index (χ3n) is 6.33. The molecule has 1 unspecified atom stereocenters. The molecule has 2 rings (SSSR count). The van der Waals surface area contributed by atoms with Crippen LogP contribution in [-0.2, 0) is 19.1 Å². The highest BCUT2D eigenvalue weighted by atomic mass is 16.5. The zero-order valence-corrected chi connectivity index (χ0v) is 22.2. The van der Waals surface area contributed by atoms with Gasteiger partial charge in [0.05, 0.1) is 14.0 Å². The minimum atomic E-state index is -3.24. The van der Waals surface area contributed by atoms with E-state index in [2.05, 4.69) is 5.32 Å². The molecule has 2 N–H and O–H groups in total. The lowest BCUT2D eigenvalue weighted by molar-refractivity contribution is -0.154. The van der Waals surface area contributed by atoms with Crippen LogP contribution in [0.5, 0.6) is 0 Å². The summed E-state index contributed by atoms with van der Waals surface area (Å²) in [6.07, 6.45) is -5.80. The van der Waals surface area contributed by atoms with Crippen molar-refractivity contribution in [3.63, 3.8) is 0 Å². The Hall–Kier alpha value is -2.41. The molecule has 1 amide bonds. The van der Waals surface area contributed by atoms with Crippen molar-refractivity contribution in [1.82, 2.24) is 10.2 Å². The fourth-order valence-electron chi connectivity index (χ4n) is 4.04. The number of esters is 1. The lowest BCUT2D eigenvalue weighted by Gasteiger charge is -2.37. The fraction of sp³-hybridized carbons (Fsp3) is 0.679. The SMILES string of the molecule is [2H]C1([2H])C(C)(C)N(C(=O)[C@H](CC)N[C@@H](CC(C)c2ccc(C)c(C)c2)C(=O)OCC(C)C)[C@]([2H])(C(=O)O)C1([2H])[2H]. The highest BCUT2D eigenvalue weighted by Crippen LogP contribution is 2.34. The zero-order chi connectivity index (χ0) is 31.0. The molecule has 0 spiro atoms. The van der Waals surface area contributed by atoms with Gasteiger partial charge in [0.1, 0.15) is 12.1 Å². The van der Waals surface area contributed by atoms with Crippen molar-refractivity contribution in [2.24, 2.45) is 5.92 Å². The Morgan fingerprint density at radius 3 is 2.43 bits per heavy atom. The number of hydrogen-bond acceptors (Lipinski definition) is 5. The molecule has 1 fully saturated rings. The Kier molecular flexibility index (Phi) is 7.50. The topological polar surface area (TPSA) is 95.9 Å². The molecule has 0 saturated carbocycles. The van der Waals surface area contributed by atoms with Crippen molar-refractivity contribution in [3.05, 3.63) is 34.9 Å². The van der Waals surface area contributed by atoms with Crippen LogP contribution in [0.2, 0.25) is 0 Å². The van der Waals surface area contributed by atoms with Crippen molar-refractivity contribution in [2.45, 2.75) is 111 Å². The second-order valence-corrected chi connectivity index (χ2v) is 10.3. The van der Waals surface area contributed by atoms with Gasteiger partial charge < -0.3 is 14.7 Å². The van der Waals surface area contributed by atoms with Gasteiger partial charge in [-0.3, -0.25) is 14.9 Å². The summed E-state index contributed by atoms with van der Waals surface area (Å²) in [4.78, 5) is 40.0. The first-order valence-electron chi connectivity index (χ1n) is 14.8. The van der Waals surface area contributed by atoms with Crippen LogP contribution in [0.3, 0.4) is 0 Å². The number of carboxylic acids is 1. The molecule has 4 atom stereocenters. The first kappa shape index (κ1) is 21.8. The summed E-state index contributed by atoms with van der Waals surface area (Å²) in [6, 6.07) is 0.578. The van der Waals surface area contributed by atoms with Crippen LogP contribution in [0.4, 0.5) is 0 Å². The first-order chi connectivity index (χ1) is 18.2. The maximum absolute atomic E-state index is 13.9. The van der Waals surface area contributed by atoms with E-state index in [0.29, 0.717) is 4.90 Å². The molecule has 7 nitrogen and oxygen atoms in total. The van der Waals surface area contributed by atoms with Crippen LogP contribution in [0.15, 0.2) is 18.2 Å². The van der Waals surface area contributed by atoms with Gasteiger partial charge in [0, 0.05) is 11.0 Å². The summed E-state index contributed by atoms with van der Waals surface area (Å²) < 4.78 is 47.6. The molecule has 7 heteroatoms. The second-order valence-electron chi connectivity index (χ2n) is 10.3. The van der Waals surface area contributed by atoms with E-state index in [0.717, 1.165) is 16.7 Å². The largest absolute Gasteiger partial charge is 0.480 e. The normalized spacial score (nSPS) is 27.0. The maximum atomic E-state index is 13.9. The van der Waals surface area contributed by atoms with Crippen LogP contribution in [-0.4, -0.2) is 58.1 Å². The van der Waals surface area contributed by atoms with Gasteiger partial charge >= 0.3 is 11.9 Å². The van der Waals surface area contributed by atoms with Crippen LogP contribution >= 0.6 is 0 Å². The Labute approximate surface area is 217 Å². The van der Waals surface area contributed by atoms with E-state index < -0.39 is 54.2 Å². The minimum Gasteiger partial charge on any atom is -0.480 e. The number of rotatable bonds is 11. The van der Waals surface area contributed by atoms with Gasteiger partial charge in [-0.15, -0.1) is 0 Å². The van der Waals surface area contributed by atoms with Crippen molar-refractivity contribution in [1.29, 1.82) is 0 Å². The number of aryl methyl sites for hydroxylation is 2. The van der Waals surface area contributed by atoms with Gasteiger partial charge in [0.2, 0.25) is 5.91 Å². The quantitative estimate of drug-likeness (QED) is 0.438. The third-order valence-corrected chi connectivity index (χ3v) is 6.33. The first-order valence-corrected chi connectivity index (χ1v) is 12.3. The average Bonchev–Trinajstić information content (AvgIpc) is 2.93. The van der Waals surface area contributed by atoms with E-state index in [4.69, 9.17) is 11.6 Å². The maximum Gasteiger partial charge on any atom is 0.326 e. The van der Waals surface area contributed by atoms with Crippen molar-refractivity contribution in [3.8, 4) is 0 Å². The molecule has 196 valence electrons. The molecule has 1 aliphatic rings. The van der Waals surface area contributed by atoms with Crippen LogP contribution < -0.4 is 5.32 Å². The third kappa shape index (κ3) is 7.29. The number of carboxylic acid groups (broad SMARTS) is 1. The molecule has 35 heavy (non-hydrogen) atoms. The smallest absolute Gasteiger partial charge is 0.326 e. The van der Waals surface area contributed by atoms with Gasteiger partial charge in [-0.05, 0) is 81.8 Å². The number of likely N-dealkylation sites (tertiary alicyclic amines) is 1. The average molecular weight is 494 g/mol. The summed E-state index contributed by atoms with van der Waals surface area (Å²) >= 11 is 0. The molecular formula is C28H44N2O5. The van der Waals surface area contributed by atoms with E-state index >= 15 is 0 Å². The lowest BCUT2D eigenvalue weighted by atomic mass is 9.91. The molecule has 0 aliphatic carbocycles. The van der Waals surface area contributed by atoms with E-state index in [1.54, 1.807) is 6.92 Å².